The van der Waals surface area contributed by atoms with Crippen molar-refractivity contribution in [1.82, 2.24) is 14.7 Å². The van der Waals surface area contributed by atoms with Crippen molar-refractivity contribution in [2.45, 2.75) is 32.4 Å². The third kappa shape index (κ3) is 4.07. The van der Waals surface area contributed by atoms with E-state index < -0.39 is 0 Å². The molecular formula is C20H29N3O3. The summed E-state index contributed by atoms with van der Waals surface area (Å²) in [5.41, 5.74) is 2.60. The molecule has 2 heterocycles. The number of carbonyl (C=O) groups excluding carboxylic acids is 2. The minimum atomic E-state index is -0.101. The topological polar surface area (TPSA) is 53.1 Å². The monoisotopic (exact) mass is 359 g/mol. The molecule has 6 heteroatoms. The highest BCUT2D eigenvalue weighted by Gasteiger charge is 2.34. The molecule has 1 fully saturated rings. The van der Waals surface area contributed by atoms with Crippen molar-refractivity contribution in [3.05, 3.63) is 35.4 Å². The summed E-state index contributed by atoms with van der Waals surface area (Å²) in [6.45, 7) is 6.50. The van der Waals surface area contributed by atoms with E-state index in [4.69, 9.17) is 4.74 Å². The van der Waals surface area contributed by atoms with Gasteiger partial charge in [0.15, 0.2) is 0 Å². The molecule has 0 aromatic heterocycles. The van der Waals surface area contributed by atoms with E-state index in [0.717, 1.165) is 25.9 Å². The van der Waals surface area contributed by atoms with Crippen LogP contribution in [0.15, 0.2) is 24.3 Å². The Kier molecular flexibility index (Phi) is 6.27. The van der Waals surface area contributed by atoms with Crippen LogP contribution >= 0.6 is 0 Å². The van der Waals surface area contributed by atoms with Crippen molar-refractivity contribution in [3.8, 4) is 0 Å². The van der Waals surface area contributed by atoms with Crippen molar-refractivity contribution in [1.29, 1.82) is 0 Å². The van der Waals surface area contributed by atoms with E-state index in [1.165, 1.54) is 18.2 Å². The van der Waals surface area contributed by atoms with Crippen LogP contribution in [-0.4, -0.2) is 79.0 Å². The standard InChI is InChI=1S/C20H29N3O3/c1-3-21-14-17-8-5-4-7-16(17)13-18(21)20(25)23-10-6-9-22(11-12-23)19(24)15-26-2/h4-5,7-8,18H,3,6,9-15H2,1-2H3/t18-/m1/s1. The molecule has 26 heavy (non-hydrogen) atoms. The van der Waals surface area contributed by atoms with E-state index in [0.29, 0.717) is 26.2 Å². The zero-order valence-corrected chi connectivity index (χ0v) is 15.8. The molecule has 0 bridgehead atoms. The molecule has 0 saturated carbocycles. The van der Waals surface area contributed by atoms with Gasteiger partial charge in [-0.25, -0.2) is 0 Å². The van der Waals surface area contributed by atoms with Gasteiger partial charge in [-0.3, -0.25) is 14.5 Å². The second-order valence-electron chi connectivity index (χ2n) is 7.04. The van der Waals surface area contributed by atoms with Crippen molar-refractivity contribution >= 4 is 11.8 Å². The summed E-state index contributed by atoms with van der Waals surface area (Å²) in [4.78, 5) is 31.3. The maximum atomic E-state index is 13.2. The molecule has 2 aliphatic rings. The number of carbonyl (C=O) groups is 2. The fourth-order valence-corrected chi connectivity index (χ4v) is 3.97. The zero-order chi connectivity index (χ0) is 18.5. The summed E-state index contributed by atoms with van der Waals surface area (Å²) in [5.74, 6) is 0.200. The Bertz CT molecular complexity index is 649. The van der Waals surface area contributed by atoms with Gasteiger partial charge in [0.25, 0.3) is 0 Å². The number of rotatable bonds is 4. The lowest BCUT2D eigenvalue weighted by atomic mass is 9.93. The van der Waals surface area contributed by atoms with E-state index in [9.17, 15) is 9.59 Å². The maximum Gasteiger partial charge on any atom is 0.248 e. The molecule has 1 atom stereocenters. The first-order valence-corrected chi connectivity index (χ1v) is 9.50. The second-order valence-corrected chi connectivity index (χ2v) is 7.04. The molecule has 1 saturated heterocycles. The molecule has 0 radical (unpaired) electrons. The number of likely N-dealkylation sites (N-methyl/N-ethyl adjacent to an activating group) is 1. The van der Waals surface area contributed by atoms with Crippen molar-refractivity contribution < 1.29 is 14.3 Å². The Balaban J connectivity index is 1.67. The van der Waals surface area contributed by atoms with E-state index in [1.807, 2.05) is 15.9 Å². The lowest BCUT2D eigenvalue weighted by Crippen LogP contribution is -2.52. The Labute approximate surface area is 155 Å². The van der Waals surface area contributed by atoms with Crippen LogP contribution in [0.5, 0.6) is 0 Å². The van der Waals surface area contributed by atoms with Gasteiger partial charge in [-0.1, -0.05) is 31.2 Å². The summed E-state index contributed by atoms with van der Waals surface area (Å²) >= 11 is 0. The molecule has 0 aliphatic carbocycles. The van der Waals surface area contributed by atoms with Gasteiger partial charge >= 0.3 is 0 Å². The van der Waals surface area contributed by atoms with Crippen LogP contribution in [0.4, 0.5) is 0 Å². The fourth-order valence-electron chi connectivity index (χ4n) is 3.97. The van der Waals surface area contributed by atoms with Crippen LogP contribution in [0.3, 0.4) is 0 Å². The number of nitrogens with zero attached hydrogens (tertiary/aromatic N) is 3. The van der Waals surface area contributed by atoms with Crippen molar-refractivity contribution in [3.63, 3.8) is 0 Å². The number of benzene rings is 1. The minimum Gasteiger partial charge on any atom is -0.375 e. The molecule has 0 N–H and O–H groups in total. The molecule has 1 aromatic carbocycles. The highest BCUT2D eigenvalue weighted by Crippen LogP contribution is 2.24. The highest BCUT2D eigenvalue weighted by molar-refractivity contribution is 5.83. The van der Waals surface area contributed by atoms with Crippen LogP contribution in [0.2, 0.25) is 0 Å². The smallest absolute Gasteiger partial charge is 0.248 e. The fraction of sp³-hybridized carbons (Fsp3) is 0.600. The van der Waals surface area contributed by atoms with Crippen LogP contribution in [0.1, 0.15) is 24.5 Å². The van der Waals surface area contributed by atoms with E-state index in [1.54, 1.807) is 0 Å². The lowest BCUT2D eigenvalue weighted by molar-refractivity contribution is -0.139. The summed E-state index contributed by atoms with van der Waals surface area (Å²) in [5, 5.41) is 0. The molecule has 0 spiro atoms. The molecule has 0 unspecified atom stereocenters. The summed E-state index contributed by atoms with van der Waals surface area (Å²) in [6, 6.07) is 8.30. The second kappa shape index (κ2) is 8.64. The average molecular weight is 359 g/mol. The molecule has 2 aliphatic heterocycles. The molecule has 142 valence electrons. The van der Waals surface area contributed by atoms with Gasteiger partial charge < -0.3 is 14.5 Å². The molecule has 3 rings (SSSR count). The van der Waals surface area contributed by atoms with Gasteiger partial charge in [-0.05, 0) is 30.5 Å². The Morgan fingerprint density at radius 1 is 1.08 bits per heavy atom. The Morgan fingerprint density at radius 3 is 2.50 bits per heavy atom. The highest BCUT2D eigenvalue weighted by atomic mass is 16.5. The van der Waals surface area contributed by atoms with Gasteiger partial charge in [0.1, 0.15) is 6.61 Å². The largest absolute Gasteiger partial charge is 0.375 e. The van der Waals surface area contributed by atoms with Crippen LogP contribution in [0, 0.1) is 0 Å². The zero-order valence-electron chi connectivity index (χ0n) is 15.8. The number of hydrogen-bond acceptors (Lipinski definition) is 4. The Morgan fingerprint density at radius 2 is 1.77 bits per heavy atom. The summed E-state index contributed by atoms with van der Waals surface area (Å²) in [7, 11) is 1.53. The number of ether oxygens (including phenoxy) is 1. The Hall–Kier alpha value is -1.92. The van der Waals surface area contributed by atoms with Gasteiger partial charge in [-0.2, -0.15) is 0 Å². The van der Waals surface area contributed by atoms with Gasteiger partial charge in [0, 0.05) is 39.8 Å². The van der Waals surface area contributed by atoms with Gasteiger partial charge in [-0.15, -0.1) is 0 Å². The first-order chi connectivity index (χ1) is 12.6. The molecule has 1 aromatic rings. The average Bonchev–Trinajstić information content (AvgIpc) is 2.93. The van der Waals surface area contributed by atoms with E-state index in [-0.39, 0.29) is 24.5 Å². The third-order valence-corrected chi connectivity index (χ3v) is 5.47. The number of fused-ring (bicyclic) bond motifs is 1. The van der Waals surface area contributed by atoms with Gasteiger partial charge in [0.05, 0.1) is 6.04 Å². The number of hydrogen-bond donors (Lipinski definition) is 0. The van der Waals surface area contributed by atoms with Crippen molar-refractivity contribution in [2.75, 3.05) is 46.4 Å². The van der Waals surface area contributed by atoms with E-state index in [2.05, 4.69) is 30.0 Å². The SMILES string of the molecule is CCN1Cc2ccccc2C[C@@H]1C(=O)N1CCCN(C(=O)COC)CC1. The van der Waals surface area contributed by atoms with E-state index >= 15 is 0 Å². The predicted molar refractivity (Wildman–Crippen MR) is 99.7 cm³/mol. The lowest BCUT2D eigenvalue weighted by Gasteiger charge is -2.38. The first kappa shape index (κ1) is 18.9. The third-order valence-electron chi connectivity index (χ3n) is 5.47. The number of amides is 2. The number of methoxy groups -OCH3 is 1. The molecule has 2 amide bonds. The first-order valence-electron chi connectivity index (χ1n) is 9.50. The van der Waals surface area contributed by atoms with Crippen LogP contribution in [-0.2, 0) is 27.3 Å². The van der Waals surface area contributed by atoms with Crippen molar-refractivity contribution in [2.24, 2.45) is 0 Å². The molecule has 6 nitrogen and oxygen atoms in total. The van der Waals surface area contributed by atoms with Crippen LogP contribution < -0.4 is 0 Å². The maximum absolute atomic E-state index is 13.2. The molecular weight excluding hydrogens is 330 g/mol. The quantitative estimate of drug-likeness (QED) is 0.809. The summed E-state index contributed by atoms with van der Waals surface area (Å²) in [6.07, 6.45) is 1.59. The summed E-state index contributed by atoms with van der Waals surface area (Å²) < 4.78 is 4.95. The predicted octanol–water partition coefficient (Wildman–Crippen LogP) is 1.14. The minimum absolute atomic E-state index is 0.00331. The normalized spacial score (nSPS) is 21.2. The van der Waals surface area contributed by atoms with Crippen LogP contribution in [0.25, 0.3) is 0 Å². The van der Waals surface area contributed by atoms with Gasteiger partial charge in [0.2, 0.25) is 11.8 Å².